The first kappa shape index (κ1) is 6.16. The van der Waals surface area contributed by atoms with Crippen molar-refractivity contribution in [2.24, 2.45) is 17.6 Å². The number of hydrogen-bond donors (Lipinski definition) is 1. The Bertz CT molecular complexity index is 153. The first-order chi connectivity index (χ1) is 4.75. The van der Waals surface area contributed by atoms with Gasteiger partial charge in [-0.3, -0.25) is 4.79 Å². The summed E-state index contributed by atoms with van der Waals surface area (Å²) in [6.07, 6.45) is 1.03. The van der Waals surface area contributed by atoms with E-state index >= 15 is 0 Å². The monoisotopic (exact) mass is 140 g/mol. The van der Waals surface area contributed by atoms with Gasteiger partial charge < -0.3 is 10.6 Å². The van der Waals surface area contributed by atoms with Crippen LogP contribution < -0.4 is 5.73 Å². The lowest BCUT2D eigenvalue weighted by molar-refractivity contribution is -0.127. The predicted octanol–water partition coefficient (Wildman–Crippen LogP) is -0.577. The average molecular weight is 140 g/mol. The Kier molecular flexibility index (Phi) is 1.20. The van der Waals surface area contributed by atoms with Crippen molar-refractivity contribution in [3.8, 4) is 0 Å². The van der Waals surface area contributed by atoms with Gasteiger partial charge in [-0.15, -0.1) is 0 Å². The van der Waals surface area contributed by atoms with Gasteiger partial charge in [0.2, 0.25) is 5.91 Å². The predicted molar refractivity (Wildman–Crippen MR) is 37.2 cm³/mol. The third-order valence-electron chi connectivity index (χ3n) is 2.53. The quantitative estimate of drug-likeness (QED) is 0.530. The van der Waals surface area contributed by atoms with Gasteiger partial charge in [0.05, 0.1) is 5.92 Å². The molecule has 0 spiro atoms. The normalized spacial score (nSPS) is 44.2. The molecule has 3 fully saturated rings. The van der Waals surface area contributed by atoms with Crippen LogP contribution >= 0.6 is 0 Å². The van der Waals surface area contributed by atoms with E-state index in [0.717, 1.165) is 18.9 Å². The van der Waals surface area contributed by atoms with Crippen molar-refractivity contribution < 1.29 is 4.79 Å². The van der Waals surface area contributed by atoms with Gasteiger partial charge in [0.25, 0.3) is 0 Å². The Balaban J connectivity index is 1.97. The number of nitrogens with zero attached hydrogens (tertiary/aromatic N) is 1. The standard InChI is InChI=1S/C7H12N2O/c8-7(10)6-1-5-2-9(3-5)4-6/h5-6H,1-4H2,(H2,8,10). The van der Waals surface area contributed by atoms with Crippen LogP contribution in [0.25, 0.3) is 0 Å². The van der Waals surface area contributed by atoms with E-state index in [4.69, 9.17) is 5.73 Å². The highest BCUT2D eigenvalue weighted by molar-refractivity contribution is 5.77. The molecule has 2 bridgehead atoms. The molecule has 1 unspecified atom stereocenters. The minimum atomic E-state index is -0.116. The van der Waals surface area contributed by atoms with E-state index < -0.39 is 0 Å². The molecule has 0 aliphatic carbocycles. The number of piperidine rings is 2. The number of carbonyl (C=O) groups is 1. The summed E-state index contributed by atoms with van der Waals surface area (Å²) >= 11 is 0. The van der Waals surface area contributed by atoms with E-state index in [9.17, 15) is 4.79 Å². The average Bonchev–Trinajstić information content (AvgIpc) is 1.86. The Morgan fingerprint density at radius 3 is 2.40 bits per heavy atom. The van der Waals surface area contributed by atoms with Crippen LogP contribution in [-0.4, -0.2) is 30.4 Å². The van der Waals surface area contributed by atoms with Crippen LogP contribution in [0.15, 0.2) is 0 Å². The molecule has 10 heavy (non-hydrogen) atoms. The van der Waals surface area contributed by atoms with Crippen molar-refractivity contribution >= 4 is 5.91 Å². The van der Waals surface area contributed by atoms with E-state index in [-0.39, 0.29) is 11.8 Å². The smallest absolute Gasteiger partial charge is 0.221 e. The first-order valence-corrected chi connectivity index (χ1v) is 3.77. The number of rotatable bonds is 1. The third-order valence-corrected chi connectivity index (χ3v) is 2.53. The summed E-state index contributed by atoms with van der Waals surface area (Å²) in [5.41, 5.74) is 5.18. The minimum Gasteiger partial charge on any atom is -0.369 e. The molecule has 1 amide bonds. The molecular formula is C7H12N2O. The van der Waals surface area contributed by atoms with Gasteiger partial charge in [0.15, 0.2) is 0 Å². The molecule has 0 radical (unpaired) electrons. The summed E-state index contributed by atoms with van der Waals surface area (Å²) in [5.74, 6) is 0.799. The molecule has 2 N–H and O–H groups in total. The Morgan fingerprint density at radius 1 is 1.40 bits per heavy atom. The number of primary amides is 1. The molecular weight excluding hydrogens is 128 g/mol. The van der Waals surface area contributed by atoms with Crippen LogP contribution in [0, 0.1) is 11.8 Å². The highest BCUT2D eigenvalue weighted by Gasteiger charge is 2.38. The van der Waals surface area contributed by atoms with E-state index in [0.29, 0.717) is 0 Å². The van der Waals surface area contributed by atoms with Crippen molar-refractivity contribution in [1.29, 1.82) is 0 Å². The van der Waals surface area contributed by atoms with Crippen LogP contribution in [0.2, 0.25) is 0 Å². The molecule has 0 aromatic carbocycles. The molecule has 3 heteroatoms. The van der Waals surface area contributed by atoms with Crippen LogP contribution in [0.3, 0.4) is 0 Å². The SMILES string of the molecule is NC(=O)C1CC2CN(C2)C1. The second kappa shape index (κ2) is 1.95. The van der Waals surface area contributed by atoms with Crippen molar-refractivity contribution in [2.75, 3.05) is 19.6 Å². The fourth-order valence-electron chi connectivity index (χ4n) is 1.97. The Morgan fingerprint density at radius 2 is 2.10 bits per heavy atom. The lowest BCUT2D eigenvalue weighted by Crippen LogP contribution is -2.56. The highest BCUT2D eigenvalue weighted by atomic mass is 16.1. The minimum absolute atomic E-state index is 0.116. The second-order valence-corrected chi connectivity index (χ2v) is 3.42. The van der Waals surface area contributed by atoms with Crippen LogP contribution in [0.1, 0.15) is 6.42 Å². The molecule has 1 atom stereocenters. The largest absolute Gasteiger partial charge is 0.369 e. The van der Waals surface area contributed by atoms with E-state index in [1.807, 2.05) is 0 Å². The van der Waals surface area contributed by atoms with Crippen molar-refractivity contribution in [1.82, 2.24) is 4.90 Å². The van der Waals surface area contributed by atoms with E-state index in [1.165, 1.54) is 13.1 Å². The van der Waals surface area contributed by atoms with Crippen molar-refractivity contribution in [3.63, 3.8) is 0 Å². The summed E-state index contributed by atoms with van der Waals surface area (Å²) in [6, 6.07) is 0. The number of fused-ring (bicyclic) bond motifs is 2. The summed E-state index contributed by atoms with van der Waals surface area (Å²) in [7, 11) is 0. The van der Waals surface area contributed by atoms with Crippen LogP contribution in [-0.2, 0) is 4.79 Å². The highest BCUT2D eigenvalue weighted by Crippen LogP contribution is 2.30. The van der Waals surface area contributed by atoms with Crippen molar-refractivity contribution in [3.05, 3.63) is 0 Å². The van der Waals surface area contributed by atoms with Gasteiger partial charge in [0.1, 0.15) is 0 Å². The van der Waals surface area contributed by atoms with Gasteiger partial charge in [-0.05, 0) is 12.3 Å². The molecule has 3 aliphatic heterocycles. The number of hydrogen-bond acceptors (Lipinski definition) is 2. The fraction of sp³-hybridized carbons (Fsp3) is 0.857. The van der Waals surface area contributed by atoms with Gasteiger partial charge in [0, 0.05) is 19.6 Å². The maximum atomic E-state index is 10.7. The topological polar surface area (TPSA) is 46.3 Å². The van der Waals surface area contributed by atoms with Crippen LogP contribution in [0.4, 0.5) is 0 Å². The summed E-state index contributed by atoms with van der Waals surface area (Å²) in [5, 5.41) is 0. The zero-order chi connectivity index (χ0) is 7.14. The van der Waals surface area contributed by atoms with Gasteiger partial charge >= 0.3 is 0 Å². The fourth-order valence-corrected chi connectivity index (χ4v) is 1.97. The third kappa shape index (κ3) is 0.814. The van der Waals surface area contributed by atoms with Gasteiger partial charge in [-0.2, -0.15) is 0 Å². The lowest BCUT2D eigenvalue weighted by Gasteiger charge is -2.47. The Labute approximate surface area is 60.2 Å². The molecule has 3 aliphatic rings. The number of nitrogens with two attached hydrogens (primary N) is 1. The maximum Gasteiger partial charge on any atom is 0.221 e. The second-order valence-electron chi connectivity index (χ2n) is 3.42. The molecule has 3 heterocycles. The van der Waals surface area contributed by atoms with Crippen molar-refractivity contribution in [2.45, 2.75) is 6.42 Å². The van der Waals surface area contributed by atoms with Gasteiger partial charge in [-0.25, -0.2) is 0 Å². The molecule has 56 valence electrons. The molecule has 0 aromatic heterocycles. The molecule has 3 saturated heterocycles. The van der Waals surface area contributed by atoms with E-state index in [1.54, 1.807) is 0 Å². The maximum absolute atomic E-state index is 10.7. The molecule has 0 aromatic rings. The van der Waals surface area contributed by atoms with E-state index in [2.05, 4.69) is 4.90 Å². The number of carbonyl (C=O) groups excluding carboxylic acids is 1. The number of amides is 1. The zero-order valence-electron chi connectivity index (χ0n) is 5.92. The summed E-state index contributed by atoms with van der Waals surface area (Å²) < 4.78 is 0. The molecule has 3 rings (SSSR count). The first-order valence-electron chi connectivity index (χ1n) is 3.77. The zero-order valence-corrected chi connectivity index (χ0v) is 5.92. The Hall–Kier alpha value is -0.570. The van der Waals surface area contributed by atoms with Crippen LogP contribution in [0.5, 0.6) is 0 Å². The molecule has 0 saturated carbocycles. The lowest BCUT2D eigenvalue weighted by atomic mass is 9.82. The van der Waals surface area contributed by atoms with Gasteiger partial charge in [-0.1, -0.05) is 0 Å². The molecule has 3 nitrogen and oxygen atoms in total. The summed E-state index contributed by atoms with van der Waals surface area (Å²) in [6.45, 7) is 3.30. The summed E-state index contributed by atoms with van der Waals surface area (Å²) in [4.78, 5) is 13.0.